The molecule has 0 aliphatic carbocycles. The molecule has 5 heteroatoms. The maximum Gasteiger partial charge on any atom is 0.225 e. The van der Waals surface area contributed by atoms with E-state index in [1.807, 2.05) is 42.5 Å². The van der Waals surface area contributed by atoms with Gasteiger partial charge in [-0.25, -0.2) is 0 Å². The first-order valence-corrected chi connectivity index (χ1v) is 9.61. The van der Waals surface area contributed by atoms with Gasteiger partial charge in [0.25, 0.3) is 0 Å². The largest absolute Gasteiger partial charge is 0.370 e. The number of nitrogens with zero attached hydrogens (tertiary/aromatic N) is 1. The Morgan fingerprint density at radius 3 is 2.54 bits per heavy atom. The van der Waals surface area contributed by atoms with E-state index in [0.29, 0.717) is 6.42 Å². The molecule has 1 N–H and O–H groups in total. The van der Waals surface area contributed by atoms with E-state index in [1.54, 1.807) is 11.8 Å². The van der Waals surface area contributed by atoms with Crippen molar-refractivity contribution in [2.75, 3.05) is 29.1 Å². The molecule has 3 nitrogen and oxygen atoms in total. The number of amides is 1. The first-order valence-electron chi connectivity index (χ1n) is 8.24. The van der Waals surface area contributed by atoms with Crippen LogP contribution >= 0.6 is 23.4 Å². The normalized spacial score (nSPS) is 14.0. The minimum atomic E-state index is 0.0584. The molecule has 126 valence electrons. The average Bonchev–Trinajstić information content (AvgIpc) is 3.11. The summed E-state index contributed by atoms with van der Waals surface area (Å²) in [4.78, 5) is 15.7. The summed E-state index contributed by atoms with van der Waals surface area (Å²) in [5.41, 5.74) is 2.05. The second-order valence-corrected chi connectivity index (χ2v) is 7.42. The number of hydrogen-bond donors (Lipinski definition) is 1. The summed E-state index contributed by atoms with van der Waals surface area (Å²) >= 11 is 7.55. The van der Waals surface area contributed by atoms with Gasteiger partial charge in [-0.3, -0.25) is 4.79 Å². The van der Waals surface area contributed by atoms with Crippen LogP contribution in [0.15, 0.2) is 53.4 Å². The molecular weight excluding hydrogens is 340 g/mol. The second-order valence-electron chi connectivity index (χ2n) is 5.81. The van der Waals surface area contributed by atoms with Crippen molar-refractivity contribution in [3.63, 3.8) is 0 Å². The molecule has 1 amide bonds. The number of para-hydroxylation sites is 2. The van der Waals surface area contributed by atoms with Crippen LogP contribution in [0.25, 0.3) is 0 Å². The Hall–Kier alpha value is -1.65. The van der Waals surface area contributed by atoms with Crippen LogP contribution in [0, 0.1) is 0 Å². The van der Waals surface area contributed by atoms with Crippen molar-refractivity contribution < 1.29 is 4.79 Å². The van der Waals surface area contributed by atoms with Crippen LogP contribution in [0.2, 0.25) is 5.02 Å². The fourth-order valence-electron chi connectivity index (χ4n) is 2.82. The van der Waals surface area contributed by atoms with Crippen molar-refractivity contribution >= 4 is 40.6 Å². The standard InChI is InChI=1S/C19H21ClN2OS/c20-15-7-9-16(10-8-15)24-14-11-19(23)21-17-5-1-2-6-18(17)22-12-3-4-13-22/h1-2,5-10H,3-4,11-14H2,(H,21,23). The first-order chi connectivity index (χ1) is 11.7. The molecule has 3 rings (SSSR count). The van der Waals surface area contributed by atoms with Gasteiger partial charge in [0.15, 0.2) is 0 Å². The van der Waals surface area contributed by atoms with E-state index < -0.39 is 0 Å². The number of rotatable bonds is 6. The Bertz CT molecular complexity index is 684. The van der Waals surface area contributed by atoms with Gasteiger partial charge in [0.1, 0.15) is 0 Å². The smallest absolute Gasteiger partial charge is 0.225 e. The molecule has 1 aliphatic heterocycles. The monoisotopic (exact) mass is 360 g/mol. The van der Waals surface area contributed by atoms with E-state index in [9.17, 15) is 4.79 Å². The SMILES string of the molecule is O=C(CCSc1ccc(Cl)cc1)Nc1ccccc1N1CCCC1. The summed E-state index contributed by atoms with van der Waals surface area (Å²) < 4.78 is 0. The van der Waals surface area contributed by atoms with E-state index in [1.165, 1.54) is 12.8 Å². The molecule has 1 heterocycles. The van der Waals surface area contributed by atoms with E-state index in [0.717, 1.165) is 40.1 Å². The van der Waals surface area contributed by atoms with Crippen LogP contribution in [-0.2, 0) is 4.79 Å². The Morgan fingerprint density at radius 1 is 1.08 bits per heavy atom. The lowest BCUT2D eigenvalue weighted by Crippen LogP contribution is -2.21. The Labute approximate surface area is 152 Å². The molecule has 0 bridgehead atoms. The third kappa shape index (κ3) is 4.68. The molecule has 1 fully saturated rings. The number of benzene rings is 2. The molecule has 0 saturated carbocycles. The maximum atomic E-state index is 12.3. The van der Waals surface area contributed by atoms with Crippen molar-refractivity contribution in [1.29, 1.82) is 0 Å². The Morgan fingerprint density at radius 2 is 1.79 bits per heavy atom. The van der Waals surface area contributed by atoms with Gasteiger partial charge in [-0.1, -0.05) is 23.7 Å². The summed E-state index contributed by atoms with van der Waals surface area (Å²) in [6.45, 7) is 2.14. The highest BCUT2D eigenvalue weighted by atomic mass is 35.5. The summed E-state index contributed by atoms with van der Waals surface area (Å²) in [5, 5.41) is 3.80. The Balaban J connectivity index is 1.52. The zero-order chi connectivity index (χ0) is 16.8. The van der Waals surface area contributed by atoms with E-state index >= 15 is 0 Å². The highest BCUT2D eigenvalue weighted by Gasteiger charge is 2.16. The van der Waals surface area contributed by atoms with Crippen LogP contribution in [-0.4, -0.2) is 24.7 Å². The molecule has 0 aromatic heterocycles. The topological polar surface area (TPSA) is 32.3 Å². The molecule has 1 aliphatic rings. The number of nitrogens with one attached hydrogen (secondary N) is 1. The predicted molar refractivity (Wildman–Crippen MR) is 103 cm³/mol. The fourth-order valence-corrected chi connectivity index (χ4v) is 3.80. The average molecular weight is 361 g/mol. The highest BCUT2D eigenvalue weighted by molar-refractivity contribution is 7.99. The van der Waals surface area contributed by atoms with Crippen LogP contribution in [0.4, 0.5) is 11.4 Å². The molecule has 0 radical (unpaired) electrons. The molecule has 0 unspecified atom stereocenters. The van der Waals surface area contributed by atoms with E-state index in [2.05, 4.69) is 16.3 Å². The fraction of sp³-hybridized carbons (Fsp3) is 0.316. The molecule has 2 aromatic carbocycles. The van der Waals surface area contributed by atoms with Gasteiger partial charge in [0, 0.05) is 35.2 Å². The number of halogens is 1. The van der Waals surface area contributed by atoms with Gasteiger partial charge in [-0.15, -0.1) is 11.8 Å². The van der Waals surface area contributed by atoms with Crippen molar-refractivity contribution in [3.05, 3.63) is 53.6 Å². The Kier molecular flexibility index (Phi) is 6.05. The van der Waals surface area contributed by atoms with Crippen LogP contribution in [0.5, 0.6) is 0 Å². The van der Waals surface area contributed by atoms with Gasteiger partial charge in [-0.2, -0.15) is 0 Å². The number of anilines is 2. The summed E-state index contributed by atoms with van der Waals surface area (Å²) in [7, 11) is 0. The molecule has 0 spiro atoms. The number of carbonyl (C=O) groups excluding carboxylic acids is 1. The van der Waals surface area contributed by atoms with Crippen molar-refractivity contribution in [2.24, 2.45) is 0 Å². The van der Waals surface area contributed by atoms with Gasteiger partial charge in [0.2, 0.25) is 5.91 Å². The predicted octanol–water partition coefficient (Wildman–Crippen LogP) is 5.06. The third-order valence-electron chi connectivity index (χ3n) is 4.04. The maximum absolute atomic E-state index is 12.3. The number of thioether (sulfide) groups is 1. The van der Waals surface area contributed by atoms with Crippen molar-refractivity contribution in [3.8, 4) is 0 Å². The van der Waals surface area contributed by atoms with Gasteiger partial charge < -0.3 is 10.2 Å². The minimum Gasteiger partial charge on any atom is -0.370 e. The molecular formula is C19H21ClN2OS. The lowest BCUT2D eigenvalue weighted by molar-refractivity contribution is -0.115. The van der Waals surface area contributed by atoms with Crippen molar-refractivity contribution in [1.82, 2.24) is 0 Å². The van der Waals surface area contributed by atoms with E-state index in [-0.39, 0.29) is 5.91 Å². The van der Waals surface area contributed by atoms with E-state index in [4.69, 9.17) is 11.6 Å². The van der Waals surface area contributed by atoms with Crippen LogP contribution in [0.3, 0.4) is 0 Å². The molecule has 2 aromatic rings. The first kappa shape index (κ1) is 17.2. The zero-order valence-corrected chi connectivity index (χ0v) is 15.1. The zero-order valence-electron chi connectivity index (χ0n) is 13.5. The molecule has 24 heavy (non-hydrogen) atoms. The van der Waals surface area contributed by atoms with Crippen molar-refractivity contribution in [2.45, 2.75) is 24.2 Å². The summed E-state index contributed by atoms with van der Waals surface area (Å²) in [6.07, 6.45) is 2.93. The van der Waals surface area contributed by atoms with Gasteiger partial charge in [-0.05, 0) is 49.2 Å². The minimum absolute atomic E-state index is 0.0584. The summed E-state index contributed by atoms with van der Waals surface area (Å²) in [5.74, 6) is 0.808. The molecule has 1 saturated heterocycles. The number of carbonyl (C=O) groups is 1. The van der Waals surface area contributed by atoms with Gasteiger partial charge >= 0.3 is 0 Å². The third-order valence-corrected chi connectivity index (χ3v) is 5.30. The highest BCUT2D eigenvalue weighted by Crippen LogP contribution is 2.29. The lowest BCUT2D eigenvalue weighted by Gasteiger charge is -2.21. The lowest BCUT2D eigenvalue weighted by atomic mass is 10.2. The quantitative estimate of drug-likeness (QED) is 0.730. The number of hydrogen-bond acceptors (Lipinski definition) is 3. The summed E-state index contributed by atoms with van der Waals surface area (Å²) in [6, 6.07) is 15.8. The molecule has 0 atom stereocenters. The second kappa shape index (κ2) is 8.45. The van der Waals surface area contributed by atoms with Crippen LogP contribution < -0.4 is 10.2 Å². The van der Waals surface area contributed by atoms with Crippen LogP contribution in [0.1, 0.15) is 19.3 Å². The van der Waals surface area contributed by atoms with Gasteiger partial charge in [0.05, 0.1) is 11.4 Å².